The number of rotatable bonds is 8. The van der Waals surface area contributed by atoms with Crippen molar-refractivity contribution in [3.05, 3.63) is 48.5 Å². The molecule has 1 amide bonds. The molecule has 1 N–H and O–H groups in total. The Hall–Kier alpha value is -2.55. The number of carbonyl (C=O) groups excluding carboxylic acids is 1. The van der Waals surface area contributed by atoms with E-state index >= 15 is 0 Å². The van der Waals surface area contributed by atoms with Crippen LogP contribution in [0, 0.1) is 0 Å². The van der Waals surface area contributed by atoms with Gasteiger partial charge < -0.3 is 19.3 Å². The van der Waals surface area contributed by atoms with E-state index in [1.165, 1.54) is 20.3 Å². The van der Waals surface area contributed by atoms with Crippen molar-refractivity contribution >= 4 is 5.91 Å². The zero-order valence-electron chi connectivity index (χ0n) is 15.1. The highest BCUT2D eigenvalue weighted by Gasteiger charge is 2.58. The summed E-state index contributed by atoms with van der Waals surface area (Å²) in [5.74, 6) is -0.783. The van der Waals surface area contributed by atoms with Gasteiger partial charge in [0.25, 0.3) is 0 Å². The van der Waals surface area contributed by atoms with Crippen LogP contribution in [0.4, 0.5) is 13.2 Å². The Kier molecular flexibility index (Phi) is 6.48. The molecule has 0 radical (unpaired) electrons. The molecular weight excluding hydrogens is 363 g/mol. The number of halogens is 3. The zero-order valence-corrected chi connectivity index (χ0v) is 15.1. The van der Waals surface area contributed by atoms with Crippen LogP contribution in [0.1, 0.15) is 18.7 Å². The Morgan fingerprint density at radius 3 is 2.52 bits per heavy atom. The molecule has 148 valence electrons. The van der Waals surface area contributed by atoms with Gasteiger partial charge in [0.15, 0.2) is 5.82 Å². The van der Waals surface area contributed by atoms with Gasteiger partial charge in [0, 0.05) is 33.0 Å². The molecule has 2 aromatic rings. The molecule has 0 aliphatic heterocycles. The maximum absolute atomic E-state index is 13.5. The van der Waals surface area contributed by atoms with Gasteiger partial charge in [-0.1, -0.05) is 18.2 Å². The monoisotopic (exact) mass is 385 g/mol. The van der Waals surface area contributed by atoms with E-state index in [1.807, 2.05) is 18.2 Å². The van der Waals surface area contributed by atoms with Gasteiger partial charge >= 0.3 is 6.18 Å². The minimum Gasteiger partial charge on any atom is -0.494 e. The summed E-state index contributed by atoms with van der Waals surface area (Å²) in [7, 11) is 2.72. The number of aryl methyl sites for hydroxylation is 1. The third kappa shape index (κ3) is 5.00. The summed E-state index contributed by atoms with van der Waals surface area (Å²) in [5.41, 5.74) is -3.35. The maximum Gasteiger partial charge on any atom is 0.425 e. The van der Waals surface area contributed by atoms with Gasteiger partial charge in [-0.05, 0) is 18.6 Å². The molecular formula is C18H22F3N3O3. The molecule has 6 nitrogen and oxygen atoms in total. The largest absolute Gasteiger partial charge is 0.494 e. The first-order valence-corrected chi connectivity index (χ1v) is 8.34. The number of alkyl halides is 3. The molecule has 0 aliphatic carbocycles. The van der Waals surface area contributed by atoms with Crippen molar-refractivity contribution in [3.63, 3.8) is 0 Å². The Bertz CT molecular complexity index is 749. The lowest BCUT2D eigenvalue weighted by Crippen LogP contribution is -2.48. The molecule has 9 heteroatoms. The third-order valence-corrected chi connectivity index (χ3v) is 4.14. The van der Waals surface area contributed by atoms with Gasteiger partial charge in [-0.2, -0.15) is 13.2 Å². The topological polar surface area (TPSA) is 67.6 Å². The number of benzene rings is 1. The van der Waals surface area contributed by atoms with Crippen LogP contribution in [-0.4, -0.2) is 51.8 Å². The van der Waals surface area contributed by atoms with Crippen molar-refractivity contribution in [1.82, 2.24) is 14.5 Å². The van der Waals surface area contributed by atoms with E-state index in [-0.39, 0.29) is 6.54 Å². The van der Waals surface area contributed by atoms with Gasteiger partial charge in [-0.25, -0.2) is 4.98 Å². The summed E-state index contributed by atoms with van der Waals surface area (Å²) in [6.45, 7) is 0.505. The van der Waals surface area contributed by atoms with E-state index in [0.29, 0.717) is 18.8 Å². The lowest BCUT2D eigenvalue weighted by molar-refractivity contribution is -0.271. The molecule has 0 spiro atoms. The summed E-state index contributed by atoms with van der Waals surface area (Å²) < 4.78 is 47.0. The highest BCUT2D eigenvalue weighted by atomic mass is 19.4. The number of aromatic nitrogens is 2. The van der Waals surface area contributed by atoms with Crippen LogP contribution >= 0.6 is 0 Å². The predicted octanol–water partition coefficient (Wildman–Crippen LogP) is 2.49. The fourth-order valence-corrected chi connectivity index (χ4v) is 2.56. The van der Waals surface area contributed by atoms with E-state index in [4.69, 9.17) is 4.74 Å². The molecule has 1 aromatic carbocycles. The van der Waals surface area contributed by atoms with E-state index in [0.717, 1.165) is 15.7 Å². The molecule has 1 unspecified atom stereocenters. The highest BCUT2D eigenvalue weighted by Crippen LogP contribution is 2.41. The fraction of sp³-hybridized carbons (Fsp3) is 0.444. The highest BCUT2D eigenvalue weighted by molar-refractivity contribution is 5.77. The molecule has 0 aliphatic rings. The van der Waals surface area contributed by atoms with Crippen molar-refractivity contribution in [2.24, 2.45) is 7.05 Å². The number of ether oxygens (including phenoxy) is 1. The Morgan fingerprint density at radius 1 is 1.30 bits per heavy atom. The Morgan fingerprint density at radius 2 is 1.96 bits per heavy atom. The molecule has 0 bridgehead atoms. The van der Waals surface area contributed by atoms with Crippen LogP contribution < -0.4 is 4.74 Å². The number of imidazole rings is 1. The van der Waals surface area contributed by atoms with Crippen LogP contribution in [0.15, 0.2) is 42.7 Å². The summed E-state index contributed by atoms with van der Waals surface area (Å²) in [6.07, 6.45) is -3.33. The van der Waals surface area contributed by atoms with Crippen LogP contribution in [0.3, 0.4) is 0 Å². The first kappa shape index (κ1) is 20.8. The molecule has 1 heterocycles. The quantitative estimate of drug-likeness (QED) is 0.709. The van der Waals surface area contributed by atoms with Gasteiger partial charge in [-0.15, -0.1) is 0 Å². The molecule has 0 saturated heterocycles. The van der Waals surface area contributed by atoms with Crippen molar-refractivity contribution in [3.8, 4) is 5.75 Å². The average Bonchev–Trinajstić information content (AvgIpc) is 3.04. The second-order valence-corrected chi connectivity index (χ2v) is 6.23. The molecule has 0 fully saturated rings. The number of carbonyl (C=O) groups is 1. The second kappa shape index (κ2) is 8.43. The lowest BCUT2D eigenvalue weighted by Gasteiger charge is -2.31. The lowest BCUT2D eigenvalue weighted by atomic mass is 9.96. The molecule has 1 atom stereocenters. The van der Waals surface area contributed by atoms with Gasteiger partial charge in [0.05, 0.1) is 13.0 Å². The summed E-state index contributed by atoms with van der Waals surface area (Å²) in [5, 5.41) is 10.2. The first-order chi connectivity index (χ1) is 12.6. The number of amides is 1. The van der Waals surface area contributed by atoms with Crippen molar-refractivity contribution in [2.75, 3.05) is 20.2 Å². The Labute approximate surface area is 155 Å². The summed E-state index contributed by atoms with van der Waals surface area (Å²) in [6, 6.07) is 9.06. The number of hydrogen-bond acceptors (Lipinski definition) is 4. The standard InChI is InChI=1S/C18H22F3N3O3/c1-23(10-6-12-27-14-7-4-3-5-8-14)15(25)13-17(26,18(19,20)21)16-22-9-11-24(16)2/h3-5,7-9,11,26H,6,10,12-13H2,1-2H3. The molecule has 0 saturated carbocycles. The van der Waals surface area contributed by atoms with Crippen LogP contribution in [-0.2, 0) is 17.4 Å². The van der Waals surface area contributed by atoms with E-state index in [9.17, 15) is 23.1 Å². The second-order valence-electron chi connectivity index (χ2n) is 6.23. The summed E-state index contributed by atoms with van der Waals surface area (Å²) >= 11 is 0. The molecule has 27 heavy (non-hydrogen) atoms. The van der Waals surface area contributed by atoms with Gasteiger partial charge in [0.2, 0.25) is 11.5 Å². The van der Waals surface area contributed by atoms with Crippen LogP contribution in [0.2, 0.25) is 0 Å². The van der Waals surface area contributed by atoms with Crippen molar-refractivity contribution in [2.45, 2.75) is 24.6 Å². The SMILES string of the molecule is CN(CCCOc1ccccc1)C(=O)CC(O)(c1nccn1C)C(F)(F)F. The number of hydrogen-bond donors (Lipinski definition) is 1. The minimum atomic E-state index is -5.04. The third-order valence-electron chi connectivity index (χ3n) is 4.14. The first-order valence-electron chi connectivity index (χ1n) is 8.34. The van der Waals surface area contributed by atoms with E-state index in [1.54, 1.807) is 12.1 Å². The smallest absolute Gasteiger partial charge is 0.425 e. The van der Waals surface area contributed by atoms with Crippen LogP contribution in [0.25, 0.3) is 0 Å². The van der Waals surface area contributed by atoms with Gasteiger partial charge in [0.1, 0.15) is 5.75 Å². The van der Waals surface area contributed by atoms with Crippen LogP contribution in [0.5, 0.6) is 5.75 Å². The van der Waals surface area contributed by atoms with Crippen molar-refractivity contribution in [1.29, 1.82) is 0 Å². The average molecular weight is 385 g/mol. The minimum absolute atomic E-state index is 0.195. The molecule has 2 rings (SSSR count). The summed E-state index contributed by atoms with van der Waals surface area (Å²) in [4.78, 5) is 17.0. The zero-order chi connectivity index (χ0) is 20.1. The number of para-hydroxylation sites is 1. The normalized spacial score (nSPS) is 13.9. The van der Waals surface area contributed by atoms with Crippen molar-refractivity contribution < 1.29 is 27.8 Å². The Balaban J connectivity index is 1.93. The van der Waals surface area contributed by atoms with E-state index < -0.39 is 29.9 Å². The van der Waals surface area contributed by atoms with E-state index in [2.05, 4.69) is 4.98 Å². The fourth-order valence-electron chi connectivity index (χ4n) is 2.56. The number of nitrogens with zero attached hydrogens (tertiary/aromatic N) is 3. The maximum atomic E-state index is 13.5. The van der Waals surface area contributed by atoms with Gasteiger partial charge in [-0.3, -0.25) is 4.79 Å². The predicted molar refractivity (Wildman–Crippen MR) is 92.0 cm³/mol. The number of aliphatic hydroxyl groups is 1. The molecule has 1 aromatic heterocycles.